The summed E-state index contributed by atoms with van der Waals surface area (Å²) in [6, 6.07) is 1.19. The van der Waals surface area contributed by atoms with Crippen LogP contribution >= 0.6 is 0 Å². The fraction of sp³-hybridized carbons (Fsp3) is 0.455. The van der Waals surface area contributed by atoms with Crippen molar-refractivity contribution in [2.24, 2.45) is 0 Å². The van der Waals surface area contributed by atoms with E-state index in [1.807, 2.05) is 0 Å². The average Bonchev–Trinajstić information content (AvgIpc) is 2.69. The first-order valence-electron chi connectivity index (χ1n) is 5.72. The highest BCUT2D eigenvalue weighted by molar-refractivity contribution is 7.91. The molecule has 8 heteroatoms. The Labute approximate surface area is 111 Å². The number of pyridine rings is 1. The maximum atomic E-state index is 11.4. The van der Waals surface area contributed by atoms with Gasteiger partial charge in [-0.2, -0.15) is 0 Å². The van der Waals surface area contributed by atoms with E-state index in [2.05, 4.69) is 4.98 Å². The quantitative estimate of drug-likeness (QED) is 0.802. The summed E-state index contributed by atoms with van der Waals surface area (Å²) in [6.07, 6.45) is 1.80. The van der Waals surface area contributed by atoms with E-state index in [0.717, 1.165) is 0 Å². The summed E-state index contributed by atoms with van der Waals surface area (Å²) in [4.78, 5) is 16.7. The molecule has 104 valence electrons. The zero-order valence-electron chi connectivity index (χ0n) is 10.4. The van der Waals surface area contributed by atoms with Crippen molar-refractivity contribution >= 4 is 27.3 Å². The van der Waals surface area contributed by atoms with E-state index in [1.165, 1.54) is 12.3 Å². The molecular weight excluding hydrogens is 270 g/mol. The van der Waals surface area contributed by atoms with Crippen LogP contribution in [0.2, 0.25) is 0 Å². The molecule has 2 rings (SSSR count). The van der Waals surface area contributed by atoms with Gasteiger partial charge in [-0.3, -0.25) is 0 Å². The molecule has 0 bridgehead atoms. The number of sulfone groups is 1. The maximum absolute atomic E-state index is 11.4. The third-order valence-corrected chi connectivity index (χ3v) is 5.02. The Morgan fingerprint density at radius 1 is 1.58 bits per heavy atom. The molecule has 0 aliphatic carbocycles. The minimum absolute atomic E-state index is 0.0299. The lowest BCUT2D eigenvalue weighted by atomic mass is 10.2. The highest BCUT2D eigenvalue weighted by Gasteiger charge is 2.31. The number of hydrogen-bond acceptors (Lipinski definition) is 6. The summed E-state index contributed by atoms with van der Waals surface area (Å²) in [7, 11) is -1.29. The Morgan fingerprint density at radius 2 is 2.26 bits per heavy atom. The molecule has 19 heavy (non-hydrogen) atoms. The minimum atomic E-state index is -2.99. The normalized spacial score (nSPS) is 21.2. The summed E-state index contributed by atoms with van der Waals surface area (Å²) in [5.74, 6) is -0.497. The second kappa shape index (κ2) is 4.69. The van der Waals surface area contributed by atoms with E-state index < -0.39 is 15.8 Å². The van der Waals surface area contributed by atoms with Gasteiger partial charge in [0, 0.05) is 13.1 Å². The maximum Gasteiger partial charge on any atom is 0.337 e. The Balaban J connectivity index is 2.27. The molecule has 0 amide bonds. The van der Waals surface area contributed by atoms with Gasteiger partial charge in [0.1, 0.15) is 5.82 Å². The zero-order chi connectivity index (χ0) is 14.2. The molecule has 1 saturated heterocycles. The lowest BCUT2D eigenvalue weighted by molar-refractivity contribution is 0.0698. The van der Waals surface area contributed by atoms with Crippen molar-refractivity contribution in [3.8, 4) is 0 Å². The third-order valence-electron chi connectivity index (χ3n) is 3.27. The third kappa shape index (κ3) is 2.78. The molecule has 0 saturated carbocycles. The molecule has 3 N–H and O–H groups in total. The van der Waals surface area contributed by atoms with E-state index in [1.54, 1.807) is 11.9 Å². The summed E-state index contributed by atoms with van der Waals surface area (Å²) in [5, 5.41) is 9.00. The number of anilines is 2. The molecule has 0 aromatic carbocycles. The minimum Gasteiger partial charge on any atom is -0.478 e. The van der Waals surface area contributed by atoms with E-state index in [9.17, 15) is 13.2 Å². The molecule has 0 spiro atoms. The number of hydrogen-bond donors (Lipinski definition) is 2. The first-order valence-corrected chi connectivity index (χ1v) is 7.54. The fourth-order valence-electron chi connectivity index (χ4n) is 2.10. The van der Waals surface area contributed by atoms with Gasteiger partial charge in [-0.15, -0.1) is 0 Å². The highest BCUT2D eigenvalue weighted by Crippen LogP contribution is 2.23. The van der Waals surface area contributed by atoms with Crippen LogP contribution in [0, 0.1) is 0 Å². The van der Waals surface area contributed by atoms with E-state index in [4.69, 9.17) is 10.8 Å². The summed E-state index contributed by atoms with van der Waals surface area (Å²) in [6.45, 7) is 0. The Kier molecular flexibility index (Phi) is 3.36. The first-order chi connectivity index (χ1) is 8.80. The van der Waals surface area contributed by atoms with Gasteiger partial charge >= 0.3 is 5.97 Å². The number of aromatic carboxylic acids is 1. The van der Waals surface area contributed by atoms with Crippen LogP contribution in [0.5, 0.6) is 0 Å². The molecule has 1 fully saturated rings. The molecule has 1 aliphatic rings. The van der Waals surface area contributed by atoms with Gasteiger partial charge in [-0.05, 0) is 12.5 Å². The lowest BCUT2D eigenvalue weighted by Crippen LogP contribution is -2.33. The molecule has 0 radical (unpaired) electrons. The van der Waals surface area contributed by atoms with E-state index in [0.29, 0.717) is 12.2 Å². The SMILES string of the molecule is CN(c1cc(C(=O)O)c(N)cn1)C1CCS(=O)(=O)C1. The first kappa shape index (κ1) is 13.6. The van der Waals surface area contributed by atoms with Gasteiger partial charge in [-0.25, -0.2) is 18.2 Å². The molecule has 1 aliphatic heterocycles. The monoisotopic (exact) mass is 285 g/mol. The predicted molar refractivity (Wildman–Crippen MR) is 71.1 cm³/mol. The fourth-order valence-corrected chi connectivity index (χ4v) is 3.88. The second-order valence-electron chi connectivity index (χ2n) is 4.60. The molecule has 1 aromatic rings. The van der Waals surface area contributed by atoms with Crippen LogP contribution in [-0.4, -0.2) is 49.1 Å². The van der Waals surface area contributed by atoms with Gasteiger partial charge in [-0.1, -0.05) is 0 Å². The van der Waals surface area contributed by atoms with Crippen molar-refractivity contribution in [3.63, 3.8) is 0 Å². The van der Waals surface area contributed by atoms with Crippen molar-refractivity contribution in [2.75, 3.05) is 29.2 Å². The van der Waals surface area contributed by atoms with Crippen LogP contribution < -0.4 is 10.6 Å². The summed E-state index contributed by atoms with van der Waals surface area (Å²) in [5.41, 5.74) is 5.59. The molecule has 2 heterocycles. The Morgan fingerprint density at radius 3 is 2.79 bits per heavy atom. The van der Waals surface area contributed by atoms with Gasteiger partial charge in [0.15, 0.2) is 9.84 Å². The number of rotatable bonds is 3. The zero-order valence-corrected chi connectivity index (χ0v) is 11.2. The molecular formula is C11H15N3O4S. The number of aromatic nitrogens is 1. The molecule has 1 atom stereocenters. The standard InChI is InChI=1S/C11H15N3O4S/c1-14(7-2-3-19(17,18)6-7)10-4-8(11(15)16)9(12)5-13-10/h4-5,7H,2-3,6,12H2,1H3,(H,15,16). The van der Waals surface area contributed by atoms with Crippen LogP contribution in [0.4, 0.5) is 11.5 Å². The van der Waals surface area contributed by atoms with Crippen LogP contribution in [0.15, 0.2) is 12.3 Å². The second-order valence-corrected chi connectivity index (χ2v) is 6.83. The molecule has 1 unspecified atom stereocenters. The van der Waals surface area contributed by atoms with Crippen molar-refractivity contribution in [1.82, 2.24) is 4.98 Å². The molecule has 7 nitrogen and oxygen atoms in total. The van der Waals surface area contributed by atoms with Gasteiger partial charge in [0.2, 0.25) is 0 Å². The van der Waals surface area contributed by atoms with Crippen LogP contribution in [0.1, 0.15) is 16.8 Å². The summed E-state index contributed by atoms with van der Waals surface area (Å²) < 4.78 is 22.9. The van der Waals surface area contributed by atoms with Crippen LogP contribution in [-0.2, 0) is 9.84 Å². The van der Waals surface area contributed by atoms with Crippen molar-refractivity contribution < 1.29 is 18.3 Å². The number of carbonyl (C=O) groups is 1. The van der Waals surface area contributed by atoms with Gasteiger partial charge in [0.25, 0.3) is 0 Å². The molecule has 1 aromatic heterocycles. The average molecular weight is 285 g/mol. The van der Waals surface area contributed by atoms with E-state index in [-0.39, 0.29) is 28.8 Å². The van der Waals surface area contributed by atoms with Crippen LogP contribution in [0.3, 0.4) is 0 Å². The number of carboxylic acids is 1. The lowest BCUT2D eigenvalue weighted by Gasteiger charge is -2.24. The number of nitrogen functional groups attached to an aromatic ring is 1. The number of carboxylic acid groups (broad SMARTS) is 1. The smallest absolute Gasteiger partial charge is 0.337 e. The van der Waals surface area contributed by atoms with Crippen molar-refractivity contribution in [3.05, 3.63) is 17.8 Å². The number of nitrogens with two attached hydrogens (primary N) is 1. The van der Waals surface area contributed by atoms with Gasteiger partial charge in [0.05, 0.1) is 29.0 Å². The highest BCUT2D eigenvalue weighted by atomic mass is 32.2. The van der Waals surface area contributed by atoms with Crippen LogP contribution in [0.25, 0.3) is 0 Å². The topological polar surface area (TPSA) is 114 Å². The van der Waals surface area contributed by atoms with E-state index >= 15 is 0 Å². The van der Waals surface area contributed by atoms with Crippen molar-refractivity contribution in [2.45, 2.75) is 12.5 Å². The summed E-state index contributed by atoms with van der Waals surface area (Å²) >= 11 is 0. The Hall–Kier alpha value is -1.83. The largest absolute Gasteiger partial charge is 0.478 e. The van der Waals surface area contributed by atoms with Crippen molar-refractivity contribution in [1.29, 1.82) is 0 Å². The Bertz CT molecular complexity index is 614. The predicted octanol–water partition coefficient (Wildman–Crippen LogP) is -0.0147. The van der Waals surface area contributed by atoms with Gasteiger partial charge < -0.3 is 15.7 Å². The number of nitrogens with zero attached hydrogens (tertiary/aromatic N) is 2.